The van der Waals surface area contributed by atoms with Gasteiger partial charge in [0, 0.05) is 29.3 Å². The van der Waals surface area contributed by atoms with E-state index in [4.69, 9.17) is 10.5 Å². The first-order valence-corrected chi connectivity index (χ1v) is 9.35. The quantitative estimate of drug-likeness (QED) is 0.558. The average molecular weight is 442 g/mol. The zero-order chi connectivity index (χ0) is 19.7. The summed E-state index contributed by atoms with van der Waals surface area (Å²) in [4.78, 5) is 35.3. The molecular weight excluding hydrogens is 426 g/mol. The van der Waals surface area contributed by atoms with Crippen molar-refractivity contribution in [2.75, 3.05) is 13.2 Å². The molecule has 0 unspecified atom stereocenters. The predicted octanol–water partition coefficient (Wildman–Crippen LogP) is 2.05. The van der Waals surface area contributed by atoms with Crippen molar-refractivity contribution >= 4 is 27.7 Å². The Morgan fingerprint density at radius 2 is 2.11 bits per heavy atom. The number of hydrogen-bond acceptors (Lipinski definition) is 5. The number of amides is 2. The number of primary amides is 1. The Hall–Kier alpha value is -3.20. The number of benzene rings is 1. The molecule has 0 atom stereocenters. The van der Waals surface area contributed by atoms with Crippen molar-refractivity contribution in [2.24, 2.45) is 5.73 Å². The normalized spacial score (nSPS) is 13.0. The largest absolute Gasteiger partial charge is 0.483 e. The minimum Gasteiger partial charge on any atom is -0.483 e. The maximum atomic E-state index is 12.0. The lowest BCUT2D eigenvalue weighted by molar-refractivity contribution is -0.119. The zero-order valence-corrected chi connectivity index (χ0v) is 16.2. The van der Waals surface area contributed by atoms with Crippen molar-refractivity contribution < 1.29 is 14.3 Å². The number of nitrogens with zero attached hydrogens (tertiary/aromatic N) is 2. The van der Waals surface area contributed by atoms with Crippen LogP contribution in [0.3, 0.4) is 0 Å². The van der Waals surface area contributed by atoms with E-state index in [1.165, 1.54) is 0 Å². The van der Waals surface area contributed by atoms with Gasteiger partial charge in [0.25, 0.3) is 11.8 Å². The van der Waals surface area contributed by atoms with Gasteiger partial charge in [0.15, 0.2) is 12.4 Å². The Morgan fingerprint density at radius 1 is 1.25 bits per heavy atom. The number of nitrogens with one attached hydrogen (secondary N) is 2. The Kier molecular flexibility index (Phi) is 4.82. The average Bonchev–Trinajstić information content (AvgIpc) is 3.13. The summed E-state index contributed by atoms with van der Waals surface area (Å²) >= 11 is 3.43. The van der Waals surface area contributed by atoms with E-state index in [0.717, 1.165) is 22.3 Å². The minimum atomic E-state index is -0.571. The highest BCUT2D eigenvalue weighted by molar-refractivity contribution is 9.10. The first-order valence-electron chi connectivity index (χ1n) is 8.56. The van der Waals surface area contributed by atoms with E-state index in [9.17, 15) is 9.59 Å². The molecule has 0 fully saturated rings. The van der Waals surface area contributed by atoms with E-state index in [0.29, 0.717) is 34.9 Å². The van der Waals surface area contributed by atoms with Crippen LogP contribution in [0.2, 0.25) is 0 Å². The Bertz CT molecular complexity index is 1080. The number of aromatic amines is 1. The molecule has 0 bridgehead atoms. The third kappa shape index (κ3) is 3.61. The molecule has 4 rings (SSSR count). The number of carbonyl (C=O) groups is 2. The molecule has 0 saturated carbocycles. The molecular formula is C19H16BrN5O3. The van der Waals surface area contributed by atoms with Crippen LogP contribution in [0.25, 0.3) is 22.8 Å². The van der Waals surface area contributed by atoms with Gasteiger partial charge >= 0.3 is 0 Å². The molecule has 1 aromatic carbocycles. The summed E-state index contributed by atoms with van der Waals surface area (Å²) in [5.41, 5.74) is 8.71. The zero-order valence-electron chi connectivity index (χ0n) is 14.7. The van der Waals surface area contributed by atoms with Gasteiger partial charge in [0.1, 0.15) is 5.75 Å². The summed E-state index contributed by atoms with van der Waals surface area (Å²) in [6.07, 6.45) is 2.38. The lowest BCUT2D eigenvalue weighted by atomic mass is 10.1. The third-order valence-corrected chi connectivity index (χ3v) is 4.78. The van der Waals surface area contributed by atoms with Crippen LogP contribution in [0.1, 0.15) is 16.1 Å². The summed E-state index contributed by atoms with van der Waals surface area (Å²) in [6.45, 7) is 0.367. The number of hydrogen-bond donors (Lipinski definition) is 3. The number of halogens is 1. The van der Waals surface area contributed by atoms with Crippen LogP contribution in [0, 0.1) is 0 Å². The number of fused-ring (bicyclic) bond motifs is 1. The smallest absolute Gasteiger partial charge is 0.255 e. The topological polar surface area (TPSA) is 123 Å². The molecule has 2 aromatic heterocycles. The van der Waals surface area contributed by atoms with Crippen molar-refractivity contribution in [3.05, 3.63) is 52.3 Å². The molecule has 0 radical (unpaired) electrons. The van der Waals surface area contributed by atoms with Crippen molar-refractivity contribution in [1.82, 2.24) is 20.3 Å². The van der Waals surface area contributed by atoms with Crippen LogP contribution >= 0.6 is 15.9 Å². The van der Waals surface area contributed by atoms with E-state index < -0.39 is 5.91 Å². The highest BCUT2D eigenvalue weighted by Gasteiger charge is 2.21. The fraction of sp³-hybridized carbons (Fsp3) is 0.158. The summed E-state index contributed by atoms with van der Waals surface area (Å²) in [5, 5.41) is 2.83. The van der Waals surface area contributed by atoms with Crippen molar-refractivity contribution in [2.45, 2.75) is 6.42 Å². The molecule has 0 saturated heterocycles. The lowest BCUT2D eigenvalue weighted by Gasteiger charge is -2.11. The number of ether oxygens (including phenoxy) is 1. The number of aromatic nitrogens is 3. The molecule has 8 nitrogen and oxygen atoms in total. The molecule has 3 heterocycles. The molecule has 0 spiro atoms. The third-order valence-electron chi connectivity index (χ3n) is 4.29. The second-order valence-electron chi connectivity index (χ2n) is 6.24. The van der Waals surface area contributed by atoms with Gasteiger partial charge in [-0.15, -0.1) is 0 Å². The Morgan fingerprint density at radius 3 is 2.89 bits per heavy atom. The van der Waals surface area contributed by atoms with Gasteiger partial charge in [0.2, 0.25) is 0 Å². The van der Waals surface area contributed by atoms with Crippen molar-refractivity contribution in [3.8, 4) is 28.5 Å². The Balaban J connectivity index is 1.73. The van der Waals surface area contributed by atoms with Gasteiger partial charge < -0.3 is 20.8 Å². The van der Waals surface area contributed by atoms with Crippen LogP contribution in [0.4, 0.5) is 0 Å². The first kappa shape index (κ1) is 18.2. The monoisotopic (exact) mass is 441 g/mol. The standard InChI is InChI=1S/C19H16BrN5O3/c20-10-1-2-16(28-9-17(21)26)12(7-10)18-22-5-4-14(25-18)15-8-11-13(24-15)3-6-23-19(11)27/h1-2,4-5,7-8,24H,3,6,9H2,(H2,21,26)(H,23,27). The van der Waals surface area contributed by atoms with Gasteiger partial charge in [-0.2, -0.15) is 0 Å². The van der Waals surface area contributed by atoms with Gasteiger partial charge in [0.05, 0.1) is 22.5 Å². The number of rotatable bonds is 5. The second-order valence-corrected chi connectivity index (χ2v) is 7.16. The lowest BCUT2D eigenvalue weighted by Crippen LogP contribution is -2.31. The van der Waals surface area contributed by atoms with Crippen LogP contribution < -0.4 is 15.8 Å². The van der Waals surface area contributed by atoms with E-state index >= 15 is 0 Å². The van der Waals surface area contributed by atoms with Crippen LogP contribution in [-0.4, -0.2) is 39.9 Å². The first-order chi connectivity index (χ1) is 13.5. The molecule has 1 aliphatic rings. The molecule has 4 N–H and O–H groups in total. The predicted molar refractivity (Wildman–Crippen MR) is 106 cm³/mol. The summed E-state index contributed by atoms with van der Waals surface area (Å²) in [7, 11) is 0. The summed E-state index contributed by atoms with van der Waals surface area (Å²) < 4.78 is 6.31. The van der Waals surface area contributed by atoms with E-state index in [2.05, 4.69) is 36.2 Å². The van der Waals surface area contributed by atoms with Crippen molar-refractivity contribution in [3.63, 3.8) is 0 Å². The molecule has 3 aromatic rings. The van der Waals surface area contributed by atoms with Gasteiger partial charge in [-0.1, -0.05) is 15.9 Å². The minimum absolute atomic E-state index is 0.0906. The number of nitrogens with two attached hydrogens (primary N) is 1. The molecule has 2 amide bonds. The number of carbonyl (C=O) groups excluding carboxylic acids is 2. The van der Waals surface area contributed by atoms with Crippen LogP contribution in [0.15, 0.2) is 41.0 Å². The Labute approximate surface area is 168 Å². The highest BCUT2D eigenvalue weighted by atomic mass is 79.9. The molecule has 28 heavy (non-hydrogen) atoms. The molecule has 0 aliphatic carbocycles. The maximum absolute atomic E-state index is 12.0. The van der Waals surface area contributed by atoms with Gasteiger partial charge in [-0.3, -0.25) is 9.59 Å². The van der Waals surface area contributed by atoms with Gasteiger partial charge in [-0.25, -0.2) is 9.97 Å². The fourth-order valence-electron chi connectivity index (χ4n) is 3.02. The highest BCUT2D eigenvalue weighted by Crippen LogP contribution is 2.32. The maximum Gasteiger partial charge on any atom is 0.255 e. The molecule has 9 heteroatoms. The van der Waals surface area contributed by atoms with E-state index in [1.807, 2.05) is 6.07 Å². The molecule has 1 aliphatic heterocycles. The summed E-state index contributed by atoms with van der Waals surface area (Å²) in [5.74, 6) is 0.213. The van der Waals surface area contributed by atoms with Gasteiger partial charge in [-0.05, 0) is 30.3 Å². The second kappa shape index (κ2) is 7.43. The van der Waals surface area contributed by atoms with Crippen LogP contribution in [-0.2, 0) is 11.2 Å². The number of H-pyrrole nitrogens is 1. The molecule has 142 valence electrons. The van der Waals surface area contributed by atoms with Crippen molar-refractivity contribution in [1.29, 1.82) is 0 Å². The van der Waals surface area contributed by atoms with E-state index in [-0.39, 0.29) is 12.5 Å². The fourth-order valence-corrected chi connectivity index (χ4v) is 3.38. The van der Waals surface area contributed by atoms with E-state index in [1.54, 1.807) is 30.5 Å². The summed E-state index contributed by atoms with van der Waals surface area (Å²) in [6, 6.07) is 8.88. The van der Waals surface area contributed by atoms with Crippen LogP contribution in [0.5, 0.6) is 5.75 Å². The SMILES string of the molecule is NC(=O)COc1ccc(Br)cc1-c1nccc(-c2cc3c([nH]2)CCNC3=O)n1.